The van der Waals surface area contributed by atoms with Crippen LogP contribution >= 0.6 is 11.6 Å². The zero-order valence-electron chi connectivity index (χ0n) is 14.7. The van der Waals surface area contributed by atoms with Crippen LogP contribution in [0.3, 0.4) is 0 Å². The molecular formula is C21H22ClNO3. The number of rotatable bonds is 8. The number of amides is 1. The van der Waals surface area contributed by atoms with Crippen LogP contribution in [0.4, 0.5) is 0 Å². The number of carbonyl (C=O) groups is 2. The summed E-state index contributed by atoms with van der Waals surface area (Å²) in [6.07, 6.45) is 4.65. The average molecular weight is 372 g/mol. The van der Waals surface area contributed by atoms with E-state index in [4.69, 9.17) is 16.3 Å². The maximum absolute atomic E-state index is 12.1. The number of nitrogens with one attached hydrogen (secondary N) is 1. The van der Waals surface area contributed by atoms with Crippen molar-refractivity contribution in [2.45, 2.75) is 25.8 Å². The summed E-state index contributed by atoms with van der Waals surface area (Å²) in [5, 5.41) is 3.54. The lowest BCUT2D eigenvalue weighted by molar-refractivity contribution is -0.144. The standard InChI is InChI=1S/C21H22ClNO3/c1-2-6-19(17-7-4-3-5-8-17)23-20(24)15-26-21(25)14-11-16-9-12-18(22)13-10-16/h3-5,7-14,19H,2,6,15H2,1H3,(H,23,24)/b14-11+/t19-/m1/s1. The number of esters is 1. The Morgan fingerprint density at radius 3 is 2.46 bits per heavy atom. The maximum Gasteiger partial charge on any atom is 0.331 e. The van der Waals surface area contributed by atoms with Crippen molar-refractivity contribution >= 4 is 29.6 Å². The van der Waals surface area contributed by atoms with Crippen molar-refractivity contribution in [3.63, 3.8) is 0 Å². The minimum absolute atomic E-state index is 0.0861. The first-order valence-electron chi connectivity index (χ1n) is 8.53. The van der Waals surface area contributed by atoms with E-state index in [2.05, 4.69) is 12.2 Å². The highest BCUT2D eigenvalue weighted by Gasteiger charge is 2.14. The number of halogens is 1. The van der Waals surface area contributed by atoms with E-state index in [1.807, 2.05) is 30.3 Å². The predicted molar refractivity (Wildman–Crippen MR) is 104 cm³/mol. The lowest BCUT2D eigenvalue weighted by Gasteiger charge is -2.18. The summed E-state index contributed by atoms with van der Waals surface area (Å²) in [7, 11) is 0. The summed E-state index contributed by atoms with van der Waals surface area (Å²) in [6, 6.07) is 16.7. The van der Waals surface area contributed by atoms with E-state index in [0.29, 0.717) is 5.02 Å². The predicted octanol–water partition coefficient (Wildman–Crippen LogP) is 4.55. The molecule has 0 aliphatic rings. The van der Waals surface area contributed by atoms with Gasteiger partial charge in [0.05, 0.1) is 6.04 Å². The first-order valence-corrected chi connectivity index (χ1v) is 8.91. The molecule has 136 valence electrons. The SMILES string of the molecule is CCC[C@@H](NC(=O)COC(=O)/C=C/c1ccc(Cl)cc1)c1ccccc1. The molecule has 0 bridgehead atoms. The molecule has 4 nitrogen and oxygen atoms in total. The fourth-order valence-corrected chi connectivity index (χ4v) is 2.58. The molecule has 2 aromatic rings. The number of benzene rings is 2. The summed E-state index contributed by atoms with van der Waals surface area (Å²) < 4.78 is 5.00. The molecule has 26 heavy (non-hydrogen) atoms. The van der Waals surface area contributed by atoms with Gasteiger partial charge < -0.3 is 10.1 Å². The zero-order valence-corrected chi connectivity index (χ0v) is 15.4. The minimum atomic E-state index is -0.568. The van der Waals surface area contributed by atoms with E-state index >= 15 is 0 Å². The van der Waals surface area contributed by atoms with Crippen LogP contribution < -0.4 is 5.32 Å². The van der Waals surface area contributed by atoms with Crippen LogP contribution in [-0.4, -0.2) is 18.5 Å². The van der Waals surface area contributed by atoms with Gasteiger partial charge in [-0.1, -0.05) is 67.4 Å². The van der Waals surface area contributed by atoms with E-state index in [1.165, 1.54) is 6.08 Å². The molecule has 0 heterocycles. The van der Waals surface area contributed by atoms with Crippen LogP contribution in [-0.2, 0) is 14.3 Å². The van der Waals surface area contributed by atoms with E-state index in [1.54, 1.807) is 30.3 Å². The van der Waals surface area contributed by atoms with Gasteiger partial charge in [0, 0.05) is 11.1 Å². The van der Waals surface area contributed by atoms with Gasteiger partial charge in [-0.05, 0) is 35.8 Å². The van der Waals surface area contributed by atoms with Gasteiger partial charge in [0.2, 0.25) is 0 Å². The topological polar surface area (TPSA) is 55.4 Å². The Balaban J connectivity index is 1.83. The van der Waals surface area contributed by atoms with Gasteiger partial charge in [0.25, 0.3) is 5.91 Å². The fraction of sp³-hybridized carbons (Fsp3) is 0.238. The van der Waals surface area contributed by atoms with Crippen molar-refractivity contribution in [3.8, 4) is 0 Å². The van der Waals surface area contributed by atoms with Crippen molar-refractivity contribution in [3.05, 3.63) is 76.8 Å². The largest absolute Gasteiger partial charge is 0.452 e. The summed E-state index contributed by atoms with van der Waals surface area (Å²) in [4.78, 5) is 23.8. The third-order valence-corrected chi connectivity index (χ3v) is 3.99. The lowest BCUT2D eigenvalue weighted by Crippen LogP contribution is -2.32. The van der Waals surface area contributed by atoms with Crippen LogP contribution in [0.5, 0.6) is 0 Å². The summed E-state index contributed by atoms with van der Waals surface area (Å²) in [5.74, 6) is -0.887. The molecule has 0 aliphatic heterocycles. The molecule has 0 saturated carbocycles. The van der Waals surface area contributed by atoms with Crippen LogP contribution in [0, 0.1) is 0 Å². The molecule has 1 atom stereocenters. The molecule has 0 unspecified atom stereocenters. The average Bonchev–Trinajstić information content (AvgIpc) is 2.66. The second-order valence-corrected chi connectivity index (χ2v) is 6.25. The molecule has 1 amide bonds. The number of hydrogen-bond acceptors (Lipinski definition) is 3. The summed E-state index contributed by atoms with van der Waals surface area (Å²) >= 11 is 5.81. The number of ether oxygens (including phenoxy) is 1. The second-order valence-electron chi connectivity index (χ2n) is 5.81. The smallest absolute Gasteiger partial charge is 0.331 e. The van der Waals surface area contributed by atoms with Gasteiger partial charge in [-0.15, -0.1) is 0 Å². The summed E-state index contributed by atoms with van der Waals surface area (Å²) in [5.41, 5.74) is 1.86. The molecular weight excluding hydrogens is 350 g/mol. The van der Waals surface area contributed by atoms with Crippen LogP contribution in [0.1, 0.15) is 36.9 Å². The van der Waals surface area contributed by atoms with Gasteiger partial charge in [0.1, 0.15) is 0 Å². The van der Waals surface area contributed by atoms with Crippen molar-refractivity contribution in [2.24, 2.45) is 0 Å². The minimum Gasteiger partial charge on any atom is -0.452 e. The molecule has 0 fully saturated rings. The van der Waals surface area contributed by atoms with Gasteiger partial charge in [-0.2, -0.15) is 0 Å². The maximum atomic E-state index is 12.1. The molecule has 1 N–H and O–H groups in total. The summed E-state index contributed by atoms with van der Waals surface area (Å²) in [6.45, 7) is 1.75. The molecule has 2 rings (SSSR count). The first-order chi connectivity index (χ1) is 12.6. The molecule has 0 saturated heterocycles. The number of hydrogen-bond donors (Lipinski definition) is 1. The van der Waals surface area contributed by atoms with Crippen LogP contribution in [0.2, 0.25) is 5.02 Å². The normalized spacial score (nSPS) is 11.9. The van der Waals surface area contributed by atoms with Crippen molar-refractivity contribution in [1.82, 2.24) is 5.32 Å². The number of carbonyl (C=O) groups excluding carboxylic acids is 2. The molecule has 2 aromatic carbocycles. The quantitative estimate of drug-likeness (QED) is 0.547. The highest BCUT2D eigenvalue weighted by atomic mass is 35.5. The van der Waals surface area contributed by atoms with Crippen molar-refractivity contribution < 1.29 is 14.3 Å². The molecule has 0 aliphatic carbocycles. The van der Waals surface area contributed by atoms with E-state index in [9.17, 15) is 9.59 Å². The zero-order chi connectivity index (χ0) is 18.8. The lowest BCUT2D eigenvalue weighted by atomic mass is 10.0. The Hall–Kier alpha value is -2.59. The fourth-order valence-electron chi connectivity index (χ4n) is 2.46. The Morgan fingerprint density at radius 2 is 1.81 bits per heavy atom. The third kappa shape index (κ3) is 6.73. The van der Waals surface area contributed by atoms with Gasteiger partial charge in [0.15, 0.2) is 6.61 Å². The second kappa shape index (κ2) is 10.4. The monoisotopic (exact) mass is 371 g/mol. The Kier molecular flexibility index (Phi) is 7.90. The highest BCUT2D eigenvalue weighted by Crippen LogP contribution is 2.17. The molecule has 0 spiro atoms. The Labute approximate surface area is 158 Å². The van der Waals surface area contributed by atoms with E-state index in [-0.39, 0.29) is 18.6 Å². The first kappa shape index (κ1) is 19.7. The van der Waals surface area contributed by atoms with E-state index < -0.39 is 5.97 Å². The Bertz CT molecular complexity index is 742. The Morgan fingerprint density at radius 1 is 1.12 bits per heavy atom. The molecule has 0 radical (unpaired) electrons. The van der Waals surface area contributed by atoms with E-state index in [0.717, 1.165) is 24.0 Å². The third-order valence-electron chi connectivity index (χ3n) is 3.74. The van der Waals surface area contributed by atoms with Crippen molar-refractivity contribution in [1.29, 1.82) is 0 Å². The van der Waals surface area contributed by atoms with Gasteiger partial charge in [-0.3, -0.25) is 4.79 Å². The molecule has 5 heteroatoms. The highest BCUT2D eigenvalue weighted by molar-refractivity contribution is 6.30. The molecule has 0 aromatic heterocycles. The van der Waals surface area contributed by atoms with Crippen molar-refractivity contribution in [2.75, 3.05) is 6.61 Å². The van der Waals surface area contributed by atoms with Crippen LogP contribution in [0.15, 0.2) is 60.7 Å². The van der Waals surface area contributed by atoms with Crippen LogP contribution in [0.25, 0.3) is 6.08 Å². The van der Waals surface area contributed by atoms with Gasteiger partial charge in [-0.25, -0.2) is 4.79 Å². The van der Waals surface area contributed by atoms with Gasteiger partial charge >= 0.3 is 5.97 Å².